The molecule has 0 aliphatic heterocycles. The number of carbonyl (C=O) groups excluding carboxylic acids is 2. The minimum absolute atomic E-state index is 0.0814. The highest BCUT2D eigenvalue weighted by atomic mass is 16.1. The Hall–Kier alpha value is -4.86. The van der Waals surface area contributed by atoms with E-state index in [0.29, 0.717) is 0 Å². The van der Waals surface area contributed by atoms with E-state index in [1.165, 1.54) is 24.0 Å². The number of Topliss-reactive ketones (excluding diaryl/α,β-unsaturated/α-hetero) is 1. The summed E-state index contributed by atoms with van der Waals surface area (Å²) in [4.78, 5) is 23.9. The van der Waals surface area contributed by atoms with Crippen molar-refractivity contribution in [3.8, 4) is 0 Å². The molecule has 7 aromatic carbocycles. The van der Waals surface area contributed by atoms with Crippen LogP contribution >= 0.6 is 0 Å². The second-order valence-corrected chi connectivity index (χ2v) is 11.7. The summed E-state index contributed by atoms with van der Waals surface area (Å²) in [6.45, 7) is 8.68. The van der Waals surface area contributed by atoms with Gasteiger partial charge in [0.15, 0.2) is 12.1 Å². The third-order valence-corrected chi connectivity index (χ3v) is 8.51. The monoisotopic (exact) mass is 591 g/mol. The van der Waals surface area contributed by atoms with Gasteiger partial charge < -0.3 is 5.73 Å². The summed E-state index contributed by atoms with van der Waals surface area (Å²) in [5, 5.41) is 8.86. The second-order valence-electron chi connectivity index (χ2n) is 11.7. The van der Waals surface area contributed by atoms with Crippen molar-refractivity contribution in [2.24, 2.45) is 5.73 Å². The fourth-order valence-corrected chi connectivity index (χ4v) is 6.40. The van der Waals surface area contributed by atoms with Crippen molar-refractivity contribution in [2.45, 2.75) is 47.0 Å². The smallest absolute Gasteiger partial charge is 0.160 e. The summed E-state index contributed by atoms with van der Waals surface area (Å²) >= 11 is 0. The van der Waals surface area contributed by atoms with Gasteiger partial charge in [0.05, 0.1) is 0 Å². The average Bonchev–Trinajstić information content (AvgIpc) is 3.06. The van der Waals surface area contributed by atoms with Crippen LogP contribution in [0, 0.1) is 13.8 Å². The lowest BCUT2D eigenvalue weighted by Gasteiger charge is -2.18. The number of fused-ring (bicyclic) bond motifs is 2. The maximum absolute atomic E-state index is 12.3. The second kappa shape index (κ2) is 14.3. The fourth-order valence-electron chi connectivity index (χ4n) is 6.40. The third kappa shape index (κ3) is 6.50. The number of hydrogen-bond acceptors (Lipinski definition) is 3. The first-order chi connectivity index (χ1) is 21.9. The van der Waals surface area contributed by atoms with E-state index >= 15 is 0 Å². The van der Waals surface area contributed by atoms with Crippen molar-refractivity contribution < 1.29 is 9.59 Å². The first-order valence-corrected chi connectivity index (χ1v) is 15.8. The van der Waals surface area contributed by atoms with Crippen LogP contribution in [0.3, 0.4) is 0 Å². The van der Waals surface area contributed by atoms with Crippen molar-refractivity contribution in [3.05, 3.63) is 143 Å². The quantitative estimate of drug-likeness (QED) is 0.0906. The van der Waals surface area contributed by atoms with E-state index in [1.807, 2.05) is 36.4 Å². The molecule has 3 heteroatoms. The molecule has 7 rings (SSSR count). The van der Waals surface area contributed by atoms with Crippen LogP contribution in [-0.4, -0.2) is 18.6 Å². The molecular weight excluding hydrogens is 550 g/mol. The van der Waals surface area contributed by atoms with Crippen LogP contribution < -0.4 is 5.73 Å². The van der Waals surface area contributed by atoms with E-state index in [0.717, 1.165) is 84.6 Å². The zero-order valence-corrected chi connectivity index (χ0v) is 26.7. The molecule has 0 aromatic heterocycles. The van der Waals surface area contributed by atoms with Crippen molar-refractivity contribution in [3.63, 3.8) is 0 Å². The Labute approximate surface area is 266 Å². The predicted octanol–water partition coefficient (Wildman–Crippen LogP) is 10.2. The number of benzene rings is 7. The summed E-state index contributed by atoms with van der Waals surface area (Å²) in [5.74, 6) is 0.0814. The lowest BCUT2D eigenvalue weighted by atomic mass is 9.84. The zero-order chi connectivity index (χ0) is 31.9. The highest BCUT2D eigenvalue weighted by Gasteiger charge is 2.19. The van der Waals surface area contributed by atoms with Gasteiger partial charge in [0.1, 0.15) is 0 Å². The van der Waals surface area contributed by atoms with E-state index in [2.05, 4.69) is 93.6 Å². The molecule has 3 nitrogen and oxygen atoms in total. The Morgan fingerprint density at radius 3 is 1.56 bits per heavy atom. The van der Waals surface area contributed by atoms with Crippen LogP contribution in [0.25, 0.3) is 43.1 Å². The summed E-state index contributed by atoms with van der Waals surface area (Å²) < 4.78 is 0. The topological polar surface area (TPSA) is 60.2 Å². The molecule has 0 spiro atoms. The van der Waals surface area contributed by atoms with Crippen LogP contribution in [-0.2, 0) is 12.8 Å². The van der Waals surface area contributed by atoms with Crippen molar-refractivity contribution in [1.29, 1.82) is 0 Å². The molecule has 0 unspecified atom stereocenters. The van der Waals surface area contributed by atoms with Gasteiger partial charge in [-0.05, 0) is 106 Å². The van der Waals surface area contributed by atoms with Gasteiger partial charge >= 0.3 is 0 Å². The van der Waals surface area contributed by atoms with Crippen molar-refractivity contribution >= 4 is 55.2 Å². The zero-order valence-electron chi connectivity index (χ0n) is 26.7. The van der Waals surface area contributed by atoms with Gasteiger partial charge in [0.2, 0.25) is 0 Å². The lowest BCUT2D eigenvalue weighted by molar-refractivity contribution is 0.101. The SMILES string of the molecule is CC(=O)c1ccc2c3ccc(C)c4c(C=O)ccc(c5ccc(C)c1c52)c43.CCCc1ccccc1.NCCc1ccccc1. The van der Waals surface area contributed by atoms with Crippen LogP contribution in [0.15, 0.2) is 109 Å². The summed E-state index contributed by atoms with van der Waals surface area (Å²) in [5.41, 5.74) is 11.8. The van der Waals surface area contributed by atoms with Gasteiger partial charge in [-0.15, -0.1) is 0 Å². The highest BCUT2D eigenvalue weighted by molar-refractivity contribution is 6.35. The van der Waals surface area contributed by atoms with Gasteiger partial charge in [0.25, 0.3) is 0 Å². The van der Waals surface area contributed by atoms with Gasteiger partial charge in [-0.2, -0.15) is 0 Å². The Balaban J connectivity index is 0.000000181. The molecule has 0 aliphatic carbocycles. The largest absolute Gasteiger partial charge is 0.330 e. The maximum Gasteiger partial charge on any atom is 0.160 e. The van der Waals surface area contributed by atoms with E-state index in [-0.39, 0.29) is 5.78 Å². The first kappa shape index (κ1) is 31.6. The van der Waals surface area contributed by atoms with Crippen LogP contribution in [0.5, 0.6) is 0 Å². The maximum atomic E-state index is 12.3. The number of nitrogens with two attached hydrogens (primary N) is 1. The number of aryl methyl sites for hydroxylation is 3. The van der Waals surface area contributed by atoms with E-state index in [4.69, 9.17) is 5.73 Å². The Kier molecular flexibility index (Phi) is 10.0. The third-order valence-electron chi connectivity index (χ3n) is 8.51. The number of aldehydes is 1. The van der Waals surface area contributed by atoms with Crippen LogP contribution in [0.1, 0.15) is 63.2 Å². The van der Waals surface area contributed by atoms with Crippen LogP contribution in [0.4, 0.5) is 0 Å². The summed E-state index contributed by atoms with van der Waals surface area (Å²) in [7, 11) is 0. The number of rotatable bonds is 6. The molecule has 0 fully saturated rings. The molecule has 0 heterocycles. The van der Waals surface area contributed by atoms with Gasteiger partial charge in [-0.1, -0.05) is 123 Å². The van der Waals surface area contributed by atoms with E-state index < -0.39 is 0 Å². The Bertz CT molecular complexity index is 2020. The molecule has 0 saturated carbocycles. The first-order valence-electron chi connectivity index (χ1n) is 15.8. The molecule has 226 valence electrons. The molecule has 2 N–H and O–H groups in total. The summed E-state index contributed by atoms with van der Waals surface area (Å²) in [6, 6.07) is 37.2. The van der Waals surface area contributed by atoms with Gasteiger partial charge in [-0.25, -0.2) is 0 Å². The lowest BCUT2D eigenvalue weighted by Crippen LogP contribution is -2.01. The standard InChI is InChI=1S/C25H18O2.C9H12.C8H11N/c1-13-4-7-18-21-11-10-17(15(3)27)23-14(2)5-8-19(25(21)23)20-9-6-16(12-26)22(13)24(18)20;1-2-6-9-7-4-3-5-8-9;9-7-6-8-4-2-1-3-5-8/h4-12H,1-3H3;3-5,7-8H,2,6H2,1H3;1-5H,6-7,9H2. The average molecular weight is 592 g/mol. The number of ketones is 1. The highest BCUT2D eigenvalue weighted by Crippen LogP contribution is 2.43. The number of hydrogen-bond donors (Lipinski definition) is 1. The van der Waals surface area contributed by atoms with Gasteiger partial charge in [0, 0.05) is 11.1 Å². The molecular formula is C42H41NO2. The molecule has 0 saturated heterocycles. The van der Waals surface area contributed by atoms with Crippen molar-refractivity contribution in [2.75, 3.05) is 6.54 Å². The molecule has 0 aliphatic rings. The molecule has 7 aromatic rings. The normalized spacial score (nSPS) is 10.9. The number of carbonyl (C=O) groups is 2. The van der Waals surface area contributed by atoms with E-state index in [9.17, 15) is 9.59 Å². The van der Waals surface area contributed by atoms with Crippen LogP contribution in [0.2, 0.25) is 0 Å². The fraction of sp³-hybridized carbons (Fsp3) is 0.190. The molecule has 0 amide bonds. The summed E-state index contributed by atoms with van der Waals surface area (Å²) in [6.07, 6.45) is 4.38. The predicted molar refractivity (Wildman–Crippen MR) is 192 cm³/mol. The molecule has 45 heavy (non-hydrogen) atoms. The Morgan fingerprint density at radius 1 is 0.600 bits per heavy atom. The minimum Gasteiger partial charge on any atom is -0.330 e. The molecule has 0 radical (unpaired) electrons. The minimum atomic E-state index is 0.0814. The molecule has 0 atom stereocenters. The Morgan fingerprint density at radius 2 is 1.07 bits per heavy atom. The van der Waals surface area contributed by atoms with Gasteiger partial charge in [-0.3, -0.25) is 9.59 Å². The molecule has 0 bridgehead atoms. The van der Waals surface area contributed by atoms with E-state index in [1.54, 1.807) is 6.92 Å². The van der Waals surface area contributed by atoms with Crippen molar-refractivity contribution in [1.82, 2.24) is 0 Å².